The molecule has 0 saturated carbocycles. The fourth-order valence-electron chi connectivity index (χ4n) is 2.14. The maximum atomic E-state index is 11.8. The molecule has 2 heterocycles. The number of nitrogens with zero attached hydrogens (tertiary/aromatic N) is 1. The highest BCUT2D eigenvalue weighted by Gasteiger charge is 2.04. The van der Waals surface area contributed by atoms with E-state index in [1.807, 2.05) is 43.3 Å². The molecule has 3 heteroatoms. The first-order valence-corrected chi connectivity index (χ1v) is 5.79. The van der Waals surface area contributed by atoms with Gasteiger partial charge in [0.25, 0.3) is 5.56 Å². The maximum Gasteiger partial charge on any atom is 0.255 e. The summed E-state index contributed by atoms with van der Waals surface area (Å²) in [5, 5.41) is 1.65. The molecule has 3 aromatic rings. The van der Waals surface area contributed by atoms with Gasteiger partial charge in [0, 0.05) is 29.0 Å². The summed E-state index contributed by atoms with van der Waals surface area (Å²) in [6, 6.07) is 11.7. The van der Waals surface area contributed by atoms with Crippen LogP contribution >= 0.6 is 0 Å². The molecule has 0 spiro atoms. The van der Waals surface area contributed by atoms with Gasteiger partial charge in [0.2, 0.25) is 0 Å². The van der Waals surface area contributed by atoms with Gasteiger partial charge in [-0.25, -0.2) is 0 Å². The molecular weight excluding hydrogens is 224 g/mol. The van der Waals surface area contributed by atoms with Crippen LogP contribution in [0, 0.1) is 6.92 Å². The smallest absolute Gasteiger partial charge is 0.255 e. The Morgan fingerprint density at radius 2 is 2.06 bits per heavy atom. The standard InChI is InChI=1S/C15H12N2O/c1-10-13(3-2-7-16-10)12-5-4-11-6-8-17-15(18)14(11)9-12/h2-9H,1H3,(H,17,18). The highest BCUT2D eigenvalue weighted by atomic mass is 16.1. The van der Waals surface area contributed by atoms with Crippen molar-refractivity contribution >= 4 is 10.8 Å². The van der Waals surface area contributed by atoms with Gasteiger partial charge >= 0.3 is 0 Å². The fraction of sp³-hybridized carbons (Fsp3) is 0.0667. The number of hydrogen-bond acceptors (Lipinski definition) is 2. The Hall–Kier alpha value is -2.42. The predicted molar refractivity (Wildman–Crippen MR) is 72.5 cm³/mol. The second kappa shape index (κ2) is 4.11. The van der Waals surface area contributed by atoms with Gasteiger partial charge in [0.15, 0.2) is 0 Å². The average Bonchev–Trinajstić information content (AvgIpc) is 2.40. The van der Waals surface area contributed by atoms with E-state index in [1.54, 1.807) is 12.4 Å². The number of H-pyrrole nitrogens is 1. The lowest BCUT2D eigenvalue weighted by Gasteiger charge is -2.05. The summed E-state index contributed by atoms with van der Waals surface area (Å²) >= 11 is 0. The van der Waals surface area contributed by atoms with Crippen LogP contribution in [0.5, 0.6) is 0 Å². The van der Waals surface area contributed by atoms with E-state index in [0.717, 1.165) is 22.2 Å². The van der Waals surface area contributed by atoms with Gasteiger partial charge in [-0.15, -0.1) is 0 Å². The second-order valence-electron chi connectivity index (χ2n) is 4.25. The molecule has 0 amide bonds. The van der Waals surface area contributed by atoms with Gasteiger partial charge < -0.3 is 4.98 Å². The van der Waals surface area contributed by atoms with Gasteiger partial charge in [-0.3, -0.25) is 9.78 Å². The van der Waals surface area contributed by atoms with E-state index in [-0.39, 0.29) is 5.56 Å². The van der Waals surface area contributed by atoms with Crippen molar-refractivity contribution in [3.8, 4) is 11.1 Å². The second-order valence-corrected chi connectivity index (χ2v) is 4.25. The van der Waals surface area contributed by atoms with Crippen LogP contribution in [0.3, 0.4) is 0 Å². The number of aromatic amines is 1. The van der Waals surface area contributed by atoms with Gasteiger partial charge in [0.1, 0.15) is 0 Å². The minimum Gasteiger partial charge on any atom is -0.329 e. The molecule has 88 valence electrons. The van der Waals surface area contributed by atoms with Crippen molar-refractivity contribution in [2.45, 2.75) is 6.92 Å². The average molecular weight is 236 g/mol. The lowest BCUT2D eigenvalue weighted by atomic mass is 10.0. The van der Waals surface area contributed by atoms with Crippen LogP contribution in [0.25, 0.3) is 21.9 Å². The summed E-state index contributed by atoms with van der Waals surface area (Å²) < 4.78 is 0. The Bertz CT molecular complexity index is 775. The minimum atomic E-state index is -0.0594. The fourth-order valence-corrected chi connectivity index (χ4v) is 2.14. The van der Waals surface area contributed by atoms with Gasteiger partial charge in [-0.05, 0) is 36.1 Å². The first-order valence-electron chi connectivity index (χ1n) is 5.79. The van der Waals surface area contributed by atoms with E-state index in [9.17, 15) is 4.79 Å². The Labute approximate surface area is 104 Å². The monoisotopic (exact) mass is 236 g/mol. The van der Waals surface area contributed by atoms with E-state index in [2.05, 4.69) is 9.97 Å². The Morgan fingerprint density at radius 1 is 1.17 bits per heavy atom. The predicted octanol–water partition coefficient (Wildman–Crippen LogP) is 2.90. The molecule has 0 aliphatic heterocycles. The number of aryl methyl sites for hydroxylation is 1. The molecule has 0 saturated heterocycles. The zero-order chi connectivity index (χ0) is 12.5. The number of rotatable bonds is 1. The van der Waals surface area contributed by atoms with E-state index >= 15 is 0 Å². The third kappa shape index (κ3) is 1.70. The zero-order valence-corrected chi connectivity index (χ0v) is 9.97. The van der Waals surface area contributed by atoms with Crippen LogP contribution in [0.4, 0.5) is 0 Å². The molecule has 18 heavy (non-hydrogen) atoms. The summed E-state index contributed by atoms with van der Waals surface area (Å²) in [6.45, 7) is 1.97. The molecule has 0 bridgehead atoms. The Kier molecular flexibility index (Phi) is 2.45. The summed E-state index contributed by atoms with van der Waals surface area (Å²) in [7, 11) is 0. The summed E-state index contributed by atoms with van der Waals surface area (Å²) in [4.78, 5) is 18.7. The van der Waals surface area contributed by atoms with Crippen LogP contribution in [0.1, 0.15) is 5.69 Å². The van der Waals surface area contributed by atoms with Crippen molar-refractivity contribution in [1.29, 1.82) is 0 Å². The number of pyridine rings is 2. The summed E-state index contributed by atoms with van der Waals surface area (Å²) in [6.07, 6.45) is 3.44. The van der Waals surface area contributed by atoms with E-state index in [1.165, 1.54) is 0 Å². The van der Waals surface area contributed by atoms with Crippen molar-refractivity contribution in [1.82, 2.24) is 9.97 Å². The van der Waals surface area contributed by atoms with Crippen molar-refractivity contribution in [2.24, 2.45) is 0 Å². The van der Waals surface area contributed by atoms with E-state index < -0.39 is 0 Å². The largest absolute Gasteiger partial charge is 0.329 e. The van der Waals surface area contributed by atoms with Crippen LogP contribution < -0.4 is 5.56 Å². The van der Waals surface area contributed by atoms with Gasteiger partial charge in [-0.2, -0.15) is 0 Å². The number of aromatic nitrogens is 2. The van der Waals surface area contributed by atoms with Crippen molar-refractivity contribution in [3.05, 3.63) is 64.8 Å². The van der Waals surface area contributed by atoms with Crippen LogP contribution in [0.15, 0.2) is 53.6 Å². The van der Waals surface area contributed by atoms with E-state index in [4.69, 9.17) is 0 Å². The number of nitrogens with one attached hydrogen (secondary N) is 1. The van der Waals surface area contributed by atoms with Crippen molar-refractivity contribution in [2.75, 3.05) is 0 Å². The molecule has 0 aliphatic carbocycles. The molecular formula is C15H12N2O. The molecule has 1 N–H and O–H groups in total. The van der Waals surface area contributed by atoms with E-state index in [0.29, 0.717) is 5.39 Å². The summed E-state index contributed by atoms with van der Waals surface area (Å²) in [5.41, 5.74) is 2.98. The maximum absolute atomic E-state index is 11.8. The lowest BCUT2D eigenvalue weighted by molar-refractivity contribution is 1.20. The van der Waals surface area contributed by atoms with Crippen molar-refractivity contribution < 1.29 is 0 Å². The summed E-state index contributed by atoms with van der Waals surface area (Å²) in [5.74, 6) is 0. The number of benzene rings is 1. The quantitative estimate of drug-likeness (QED) is 0.706. The topological polar surface area (TPSA) is 45.8 Å². The first kappa shape index (κ1) is 10.7. The first-order chi connectivity index (χ1) is 8.75. The van der Waals surface area contributed by atoms with Crippen LogP contribution in [-0.2, 0) is 0 Å². The third-order valence-electron chi connectivity index (χ3n) is 3.09. The molecule has 3 nitrogen and oxygen atoms in total. The molecule has 3 rings (SSSR count). The number of hydrogen-bond donors (Lipinski definition) is 1. The normalized spacial score (nSPS) is 10.7. The van der Waals surface area contributed by atoms with Crippen molar-refractivity contribution in [3.63, 3.8) is 0 Å². The third-order valence-corrected chi connectivity index (χ3v) is 3.09. The molecule has 0 fully saturated rings. The molecule has 2 aromatic heterocycles. The molecule has 0 unspecified atom stereocenters. The Balaban J connectivity index is 2.29. The van der Waals surface area contributed by atoms with Crippen LogP contribution in [0.2, 0.25) is 0 Å². The molecule has 0 aliphatic rings. The number of fused-ring (bicyclic) bond motifs is 1. The highest BCUT2D eigenvalue weighted by Crippen LogP contribution is 2.24. The SMILES string of the molecule is Cc1ncccc1-c1ccc2cc[nH]c(=O)c2c1. The molecule has 1 aromatic carbocycles. The van der Waals surface area contributed by atoms with Gasteiger partial charge in [-0.1, -0.05) is 18.2 Å². The minimum absolute atomic E-state index is 0.0594. The molecule has 0 atom stereocenters. The zero-order valence-electron chi connectivity index (χ0n) is 9.97. The van der Waals surface area contributed by atoms with Crippen LogP contribution in [-0.4, -0.2) is 9.97 Å². The van der Waals surface area contributed by atoms with Gasteiger partial charge in [0.05, 0.1) is 0 Å². The highest BCUT2D eigenvalue weighted by molar-refractivity contribution is 5.86. The Morgan fingerprint density at radius 3 is 2.89 bits per heavy atom. The molecule has 0 radical (unpaired) electrons. The lowest BCUT2D eigenvalue weighted by Crippen LogP contribution is -2.04.